The van der Waals surface area contributed by atoms with Gasteiger partial charge in [-0.05, 0) is 36.4 Å². The summed E-state index contributed by atoms with van der Waals surface area (Å²) in [6.07, 6.45) is 1.68. The Balaban J connectivity index is 0.000000438. The van der Waals surface area contributed by atoms with Crippen LogP contribution in [0.4, 0.5) is 14.7 Å². The fourth-order valence-corrected chi connectivity index (χ4v) is 2.56. The number of nitrogens with zero attached hydrogens (tertiary/aromatic N) is 2. The van der Waals surface area contributed by atoms with E-state index in [-0.39, 0.29) is 18.2 Å². The Kier molecular flexibility index (Phi) is 7.27. The van der Waals surface area contributed by atoms with E-state index in [1.807, 2.05) is 11.6 Å². The summed E-state index contributed by atoms with van der Waals surface area (Å²) >= 11 is 6.01. The third kappa shape index (κ3) is 5.76. The summed E-state index contributed by atoms with van der Waals surface area (Å²) in [6.45, 7) is 0.221. The molecule has 0 unspecified atom stereocenters. The molecule has 2 aromatic carbocycles. The number of aliphatic carboxylic acids is 2. The highest BCUT2D eigenvalue weighted by Gasteiger charge is 2.11. The maximum absolute atomic E-state index is 13.8. The van der Waals surface area contributed by atoms with Crippen LogP contribution >= 0.6 is 11.6 Å². The Labute approximate surface area is 169 Å². The Bertz CT molecular complexity index is 991. The van der Waals surface area contributed by atoms with Gasteiger partial charge >= 0.3 is 11.9 Å². The van der Waals surface area contributed by atoms with Crippen LogP contribution in [0, 0.1) is 11.6 Å². The first kappa shape index (κ1) is 21.8. The first-order valence-corrected chi connectivity index (χ1v) is 8.49. The molecule has 0 aliphatic carbocycles. The molecule has 3 aromatic rings. The molecule has 1 heterocycles. The Morgan fingerprint density at radius 1 is 1.10 bits per heavy atom. The zero-order valence-electron chi connectivity index (χ0n) is 15.1. The number of rotatable bonds is 4. The average molecular weight is 424 g/mol. The van der Waals surface area contributed by atoms with E-state index in [1.165, 1.54) is 18.2 Å². The second-order valence-corrected chi connectivity index (χ2v) is 6.10. The summed E-state index contributed by atoms with van der Waals surface area (Å²) in [5, 5.41) is 18.2. The molecule has 152 valence electrons. The highest BCUT2D eigenvalue weighted by molar-refractivity contribution is 6.31. The minimum Gasteiger partial charge on any atom is -0.473 e. The van der Waals surface area contributed by atoms with E-state index in [9.17, 15) is 8.78 Å². The number of imidazole rings is 1. The zero-order chi connectivity index (χ0) is 21.6. The molecule has 0 amide bonds. The van der Waals surface area contributed by atoms with Crippen molar-refractivity contribution in [1.82, 2.24) is 9.55 Å². The van der Waals surface area contributed by atoms with E-state index in [0.29, 0.717) is 16.5 Å². The second-order valence-electron chi connectivity index (χ2n) is 5.70. The molecule has 0 saturated carbocycles. The Morgan fingerprint density at radius 3 is 2.28 bits per heavy atom. The number of hydrogen-bond acceptors (Lipinski definition) is 4. The van der Waals surface area contributed by atoms with Gasteiger partial charge in [-0.3, -0.25) is 0 Å². The number of benzene rings is 2. The van der Waals surface area contributed by atoms with Crippen LogP contribution in [0.15, 0.2) is 48.7 Å². The maximum atomic E-state index is 13.8. The first-order chi connectivity index (χ1) is 13.7. The summed E-state index contributed by atoms with van der Waals surface area (Å²) in [7, 11) is 1.83. The highest BCUT2D eigenvalue weighted by atomic mass is 35.5. The van der Waals surface area contributed by atoms with Gasteiger partial charge in [-0.2, -0.15) is 0 Å². The molecule has 3 rings (SSSR count). The van der Waals surface area contributed by atoms with Crippen molar-refractivity contribution in [2.45, 2.75) is 6.54 Å². The van der Waals surface area contributed by atoms with Crippen LogP contribution < -0.4 is 5.32 Å². The van der Waals surface area contributed by atoms with Crippen molar-refractivity contribution in [3.8, 4) is 11.3 Å². The van der Waals surface area contributed by atoms with Crippen molar-refractivity contribution >= 4 is 29.5 Å². The van der Waals surface area contributed by atoms with Crippen molar-refractivity contribution < 1.29 is 28.6 Å². The highest BCUT2D eigenvalue weighted by Crippen LogP contribution is 2.24. The smallest absolute Gasteiger partial charge is 0.414 e. The minimum absolute atomic E-state index is 0.221. The number of carboxylic acids is 2. The number of carbonyl (C=O) groups is 2. The molecule has 10 heteroatoms. The number of carboxylic acid groups (broad SMARTS) is 2. The monoisotopic (exact) mass is 423 g/mol. The quantitative estimate of drug-likeness (QED) is 0.551. The summed E-state index contributed by atoms with van der Waals surface area (Å²) in [4.78, 5) is 22.5. The predicted molar refractivity (Wildman–Crippen MR) is 103 cm³/mol. The van der Waals surface area contributed by atoms with Crippen LogP contribution in [0.25, 0.3) is 11.3 Å². The topological polar surface area (TPSA) is 104 Å². The van der Waals surface area contributed by atoms with E-state index in [1.54, 1.807) is 30.5 Å². The third-order valence-electron chi connectivity index (χ3n) is 3.80. The number of hydrogen-bond donors (Lipinski definition) is 3. The summed E-state index contributed by atoms with van der Waals surface area (Å²) in [6, 6.07) is 10.7. The molecule has 0 bridgehead atoms. The van der Waals surface area contributed by atoms with Crippen molar-refractivity contribution in [1.29, 1.82) is 0 Å². The summed E-state index contributed by atoms with van der Waals surface area (Å²) < 4.78 is 28.6. The van der Waals surface area contributed by atoms with Crippen LogP contribution in [0.2, 0.25) is 5.02 Å². The molecule has 0 atom stereocenters. The normalized spacial score (nSPS) is 10.1. The third-order valence-corrected chi connectivity index (χ3v) is 4.15. The lowest BCUT2D eigenvalue weighted by Crippen LogP contribution is -2.09. The number of anilines is 1. The van der Waals surface area contributed by atoms with E-state index in [2.05, 4.69) is 10.3 Å². The zero-order valence-corrected chi connectivity index (χ0v) is 15.8. The number of aromatic nitrogens is 2. The fraction of sp³-hybridized carbons (Fsp3) is 0.105. The molecule has 1 aromatic heterocycles. The van der Waals surface area contributed by atoms with E-state index >= 15 is 0 Å². The van der Waals surface area contributed by atoms with E-state index in [0.717, 1.165) is 11.3 Å². The van der Waals surface area contributed by atoms with Crippen molar-refractivity contribution in [3.63, 3.8) is 0 Å². The lowest BCUT2D eigenvalue weighted by molar-refractivity contribution is -0.159. The molecule has 7 nitrogen and oxygen atoms in total. The van der Waals surface area contributed by atoms with Gasteiger partial charge in [0.25, 0.3) is 0 Å². The second kappa shape index (κ2) is 9.65. The molecule has 0 fully saturated rings. The molecule has 0 aliphatic rings. The molecule has 29 heavy (non-hydrogen) atoms. The Morgan fingerprint density at radius 2 is 1.72 bits per heavy atom. The molecule has 0 radical (unpaired) electrons. The number of nitrogens with one attached hydrogen (secondary N) is 1. The lowest BCUT2D eigenvalue weighted by atomic mass is 10.2. The molecule has 0 saturated heterocycles. The average Bonchev–Trinajstić information content (AvgIpc) is 3.03. The van der Waals surface area contributed by atoms with E-state index < -0.39 is 11.9 Å². The van der Waals surface area contributed by atoms with Gasteiger partial charge in [-0.15, -0.1) is 0 Å². The molecule has 3 N–H and O–H groups in total. The van der Waals surface area contributed by atoms with Crippen LogP contribution in [0.3, 0.4) is 0 Å². The van der Waals surface area contributed by atoms with Gasteiger partial charge in [-0.1, -0.05) is 17.7 Å². The van der Waals surface area contributed by atoms with Crippen LogP contribution in [0.5, 0.6) is 0 Å². The van der Waals surface area contributed by atoms with Gasteiger partial charge in [-0.25, -0.2) is 23.4 Å². The molecular formula is C19H16ClF2N3O4. The SMILES string of the molecule is Cn1c(-c2ccc(F)cc2)cnc1NCc1c(F)cccc1Cl.O=C(O)C(=O)O. The Hall–Kier alpha value is -3.46. The van der Waals surface area contributed by atoms with Gasteiger partial charge in [0, 0.05) is 29.7 Å². The van der Waals surface area contributed by atoms with Gasteiger partial charge in [0.15, 0.2) is 0 Å². The lowest BCUT2D eigenvalue weighted by Gasteiger charge is -2.10. The molecular weight excluding hydrogens is 408 g/mol. The van der Waals surface area contributed by atoms with Gasteiger partial charge < -0.3 is 20.1 Å². The predicted octanol–water partition coefficient (Wildman–Crippen LogP) is 3.79. The fourth-order valence-electron chi connectivity index (χ4n) is 2.33. The minimum atomic E-state index is -1.82. The number of halogens is 3. The summed E-state index contributed by atoms with van der Waals surface area (Å²) in [5.74, 6) is -3.73. The first-order valence-electron chi connectivity index (χ1n) is 8.11. The van der Waals surface area contributed by atoms with Crippen LogP contribution in [-0.2, 0) is 23.2 Å². The van der Waals surface area contributed by atoms with E-state index in [4.69, 9.17) is 31.4 Å². The summed E-state index contributed by atoms with van der Waals surface area (Å²) in [5.41, 5.74) is 2.06. The van der Waals surface area contributed by atoms with Gasteiger partial charge in [0.05, 0.1) is 11.9 Å². The van der Waals surface area contributed by atoms with Crippen molar-refractivity contribution in [3.05, 3.63) is 70.9 Å². The van der Waals surface area contributed by atoms with Gasteiger partial charge in [0.1, 0.15) is 11.6 Å². The van der Waals surface area contributed by atoms with Crippen molar-refractivity contribution in [2.75, 3.05) is 5.32 Å². The maximum Gasteiger partial charge on any atom is 0.414 e. The van der Waals surface area contributed by atoms with Gasteiger partial charge in [0.2, 0.25) is 5.95 Å². The van der Waals surface area contributed by atoms with Crippen LogP contribution in [0.1, 0.15) is 5.56 Å². The molecule has 0 aliphatic heterocycles. The van der Waals surface area contributed by atoms with Crippen LogP contribution in [-0.4, -0.2) is 31.7 Å². The van der Waals surface area contributed by atoms with Crippen molar-refractivity contribution in [2.24, 2.45) is 7.05 Å². The molecule has 0 spiro atoms. The largest absolute Gasteiger partial charge is 0.473 e. The standard InChI is InChI=1S/C17H14ClF2N3.C2H2O4/c1-23-16(11-5-7-12(19)8-6-11)10-22-17(23)21-9-13-14(18)3-2-4-15(13)20;3-1(4)2(5)6/h2-8,10H,9H2,1H3,(H,21,22);(H,3,4)(H,5,6).